The maximum atomic E-state index is 8.52. The van der Waals surface area contributed by atoms with Crippen molar-refractivity contribution in [2.75, 3.05) is 0 Å². The van der Waals surface area contributed by atoms with Gasteiger partial charge in [0.05, 0.1) is 5.71 Å². The monoisotopic (exact) mass is 171 g/mol. The highest BCUT2D eigenvalue weighted by Gasteiger charge is 1.96. The van der Waals surface area contributed by atoms with E-state index in [0.717, 1.165) is 18.6 Å². The van der Waals surface area contributed by atoms with Crippen LogP contribution in [0, 0.1) is 0 Å². The zero-order chi connectivity index (χ0) is 9.23. The summed E-state index contributed by atoms with van der Waals surface area (Å²) in [7, 11) is 0. The van der Waals surface area contributed by atoms with Gasteiger partial charge in [-0.15, -0.1) is 0 Å². The minimum atomic E-state index is 0.879. The van der Waals surface area contributed by atoms with Crippen molar-refractivity contribution in [3.8, 4) is 0 Å². The third kappa shape index (κ3) is 6.20. The highest BCUT2D eigenvalue weighted by molar-refractivity contribution is 5.83. The van der Waals surface area contributed by atoms with E-state index in [4.69, 9.17) is 5.21 Å². The molecule has 0 saturated heterocycles. The van der Waals surface area contributed by atoms with E-state index in [1.54, 1.807) is 0 Å². The summed E-state index contributed by atoms with van der Waals surface area (Å²) in [6, 6.07) is 0. The van der Waals surface area contributed by atoms with E-state index in [0.29, 0.717) is 0 Å². The highest BCUT2D eigenvalue weighted by atomic mass is 16.4. The molecule has 0 aromatic heterocycles. The molecular formula is C10H21NO. The predicted octanol–water partition coefficient (Wildman–Crippen LogP) is 3.59. The number of hydrogen-bond donors (Lipinski definition) is 1. The predicted molar refractivity (Wildman–Crippen MR) is 52.9 cm³/mol. The van der Waals surface area contributed by atoms with Crippen LogP contribution in [0.3, 0.4) is 0 Å². The van der Waals surface area contributed by atoms with Crippen molar-refractivity contribution in [3.05, 3.63) is 0 Å². The molecule has 0 saturated carbocycles. The fourth-order valence-electron chi connectivity index (χ4n) is 1.23. The minimum Gasteiger partial charge on any atom is -0.411 e. The molecule has 0 atom stereocenters. The van der Waals surface area contributed by atoms with Gasteiger partial charge in [0.25, 0.3) is 0 Å². The lowest BCUT2D eigenvalue weighted by molar-refractivity contribution is 0.316. The van der Waals surface area contributed by atoms with Crippen LogP contribution in [0.4, 0.5) is 0 Å². The Morgan fingerprint density at radius 2 is 1.75 bits per heavy atom. The molecule has 0 radical (unpaired) electrons. The van der Waals surface area contributed by atoms with Gasteiger partial charge in [0.15, 0.2) is 0 Å². The Balaban J connectivity index is 3.18. The lowest BCUT2D eigenvalue weighted by Crippen LogP contribution is -1.95. The van der Waals surface area contributed by atoms with Gasteiger partial charge in [-0.3, -0.25) is 0 Å². The molecule has 12 heavy (non-hydrogen) atoms. The summed E-state index contributed by atoms with van der Waals surface area (Å²) in [6.07, 6.45) is 8.23. The quantitative estimate of drug-likeness (QED) is 0.270. The topological polar surface area (TPSA) is 32.6 Å². The average molecular weight is 171 g/mol. The summed E-state index contributed by atoms with van der Waals surface area (Å²) in [6.45, 7) is 4.24. The molecule has 0 aromatic rings. The average Bonchev–Trinajstić information content (AvgIpc) is 2.11. The van der Waals surface area contributed by atoms with E-state index < -0.39 is 0 Å². The van der Waals surface area contributed by atoms with Gasteiger partial charge in [-0.2, -0.15) is 0 Å². The lowest BCUT2D eigenvalue weighted by Gasteiger charge is -2.00. The number of rotatable bonds is 7. The normalized spacial score (nSPS) is 12.0. The van der Waals surface area contributed by atoms with Crippen LogP contribution in [-0.2, 0) is 0 Å². The molecule has 0 unspecified atom stereocenters. The molecule has 2 heteroatoms. The van der Waals surface area contributed by atoms with Crippen LogP contribution in [0.15, 0.2) is 5.16 Å². The van der Waals surface area contributed by atoms with Crippen LogP contribution < -0.4 is 0 Å². The number of nitrogens with zero attached hydrogens (tertiary/aromatic N) is 1. The zero-order valence-electron chi connectivity index (χ0n) is 8.34. The first-order valence-corrected chi connectivity index (χ1v) is 5.04. The van der Waals surface area contributed by atoms with Crippen LogP contribution in [-0.4, -0.2) is 10.9 Å². The second kappa shape index (κ2) is 8.57. The highest BCUT2D eigenvalue weighted by Crippen LogP contribution is 2.06. The summed E-state index contributed by atoms with van der Waals surface area (Å²) >= 11 is 0. The fraction of sp³-hybridized carbons (Fsp3) is 0.900. The molecule has 0 aliphatic heterocycles. The van der Waals surface area contributed by atoms with Crippen molar-refractivity contribution in [2.24, 2.45) is 5.16 Å². The Morgan fingerprint density at radius 1 is 1.08 bits per heavy atom. The molecule has 0 aromatic carbocycles. The fourth-order valence-corrected chi connectivity index (χ4v) is 1.23. The van der Waals surface area contributed by atoms with Gasteiger partial charge < -0.3 is 5.21 Å². The molecule has 0 spiro atoms. The second-order valence-corrected chi connectivity index (χ2v) is 3.18. The van der Waals surface area contributed by atoms with Crippen molar-refractivity contribution >= 4 is 5.71 Å². The Hall–Kier alpha value is -0.530. The summed E-state index contributed by atoms with van der Waals surface area (Å²) in [5.41, 5.74) is 0.937. The SMILES string of the molecule is CCCCCCCC(CC)=NO. The maximum absolute atomic E-state index is 8.52. The Kier molecular flexibility index (Phi) is 8.19. The largest absolute Gasteiger partial charge is 0.411 e. The second-order valence-electron chi connectivity index (χ2n) is 3.18. The lowest BCUT2D eigenvalue weighted by atomic mass is 10.1. The summed E-state index contributed by atoms with van der Waals surface area (Å²) in [5, 5.41) is 11.8. The third-order valence-electron chi connectivity index (χ3n) is 2.12. The molecule has 0 heterocycles. The maximum Gasteiger partial charge on any atom is 0.0568 e. The van der Waals surface area contributed by atoms with Crippen molar-refractivity contribution in [2.45, 2.75) is 58.8 Å². The summed E-state index contributed by atoms with van der Waals surface area (Å²) in [5.74, 6) is 0. The van der Waals surface area contributed by atoms with Crippen molar-refractivity contribution in [1.82, 2.24) is 0 Å². The Bertz CT molecular complexity index is 121. The van der Waals surface area contributed by atoms with Crippen LogP contribution in [0.5, 0.6) is 0 Å². The number of hydrogen-bond acceptors (Lipinski definition) is 2. The molecule has 0 aliphatic rings. The van der Waals surface area contributed by atoms with E-state index in [-0.39, 0.29) is 0 Å². The van der Waals surface area contributed by atoms with Gasteiger partial charge >= 0.3 is 0 Å². The molecule has 0 amide bonds. The zero-order valence-corrected chi connectivity index (χ0v) is 8.34. The van der Waals surface area contributed by atoms with E-state index in [1.807, 2.05) is 6.92 Å². The van der Waals surface area contributed by atoms with Crippen LogP contribution in [0.2, 0.25) is 0 Å². The smallest absolute Gasteiger partial charge is 0.0568 e. The van der Waals surface area contributed by atoms with Crippen LogP contribution in [0.25, 0.3) is 0 Å². The molecule has 0 rings (SSSR count). The van der Waals surface area contributed by atoms with Gasteiger partial charge in [0, 0.05) is 0 Å². The molecule has 2 nitrogen and oxygen atoms in total. The van der Waals surface area contributed by atoms with E-state index in [2.05, 4.69) is 12.1 Å². The van der Waals surface area contributed by atoms with Gasteiger partial charge in [0.1, 0.15) is 0 Å². The molecule has 1 N–H and O–H groups in total. The van der Waals surface area contributed by atoms with E-state index >= 15 is 0 Å². The third-order valence-corrected chi connectivity index (χ3v) is 2.12. The Morgan fingerprint density at radius 3 is 2.25 bits per heavy atom. The molecule has 72 valence electrons. The number of unbranched alkanes of at least 4 members (excludes halogenated alkanes) is 4. The Labute approximate surface area is 75.7 Å². The van der Waals surface area contributed by atoms with Crippen LogP contribution >= 0.6 is 0 Å². The van der Waals surface area contributed by atoms with Crippen molar-refractivity contribution in [1.29, 1.82) is 0 Å². The first-order valence-electron chi connectivity index (χ1n) is 5.04. The van der Waals surface area contributed by atoms with Crippen molar-refractivity contribution < 1.29 is 5.21 Å². The molecule has 0 aliphatic carbocycles. The first kappa shape index (κ1) is 11.5. The van der Waals surface area contributed by atoms with E-state index in [1.165, 1.54) is 32.1 Å². The van der Waals surface area contributed by atoms with Crippen molar-refractivity contribution in [3.63, 3.8) is 0 Å². The van der Waals surface area contributed by atoms with E-state index in [9.17, 15) is 0 Å². The first-order chi connectivity index (χ1) is 5.85. The van der Waals surface area contributed by atoms with Gasteiger partial charge in [-0.05, 0) is 19.3 Å². The molecule has 0 bridgehead atoms. The van der Waals surface area contributed by atoms with Gasteiger partial charge in [-0.25, -0.2) is 0 Å². The van der Waals surface area contributed by atoms with Crippen LogP contribution in [0.1, 0.15) is 58.8 Å². The van der Waals surface area contributed by atoms with Gasteiger partial charge in [-0.1, -0.05) is 44.7 Å². The number of oxime groups is 1. The van der Waals surface area contributed by atoms with Gasteiger partial charge in [0.2, 0.25) is 0 Å². The summed E-state index contributed by atoms with van der Waals surface area (Å²) < 4.78 is 0. The summed E-state index contributed by atoms with van der Waals surface area (Å²) in [4.78, 5) is 0. The molecular weight excluding hydrogens is 150 g/mol. The minimum absolute atomic E-state index is 0.879. The molecule has 0 fully saturated rings. The standard InChI is InChI=1S/C10H21NO/c1-3-5-6-7-8-9-10(4-2)11-12/h12H,3-9H2,1-2H3.